The number of aryl methyl sites for hydroxylation is 2. The molecular weight excluding hydrogens is 427 g/mol. The van der Waals surface area contributed by atoms with Crippen molar-refractivity contribution in [2.45, 2.75) is 40.2 Å². The standard InChI is InChI=1S/C23H23FN6OS/c1-13(2)21-18(22(31)25-11-19-28-15(4)12-32-19)10-27-30(21)23-26-9-14(3)20(29-23)16-5-7-17(24)8-6-16/h5-10,12-13H,11H2,1-4H3,(H,25,31). The molecule has 0 saturated heterocycles. The van der Waals surface area contributed by atoms with Crippen molar-refractivity contribution >= 4 is 17.2 Å². The molecule has 0 unspecified atom stereocenters. The smallest absolute Gasteiger partial charge is 0.255 e. The molecule has 0 atom stereocenters. The first kappa shape index (κ1) is 21.8. The van der Waals surface area contributed by atoms with E-state index < -0.39 is 0 Å². The van der Waals surface area contributed by atoms with Crippen LogP contribution in [0, 0.1) is 19.7 Å². The Morgan fingerprint density at radius 3 is 2.56 bits per heavy atom. The lowest BCUT2D eigenvalue weighted by molar-refractivity contribution is 0.0949. The molecule has 4 aromatic rings. The van der Waals surface area contributed by atoms with Gasteiger partial charge in [0.2, 0.25) is 0 Å². The third kappa shape index (κ3) is 4.43. The zero-order chi connectivity index (χ0) is 22.8. The average molecular weight is 451 g/mol. The lowest BCUT2D eigenvalue weighted by atomic mass is 10.1. The molecule has 1 aromatic carbocycles. The van der Waals surface area contributed by atoms with Gasteiger partial charge in [0.1, 0.15) is 10.8 Å². The minimum Gasteiger partial charge on any atom is -0.345 e. The molecule has 0 spiro atoms. The van der Waals surface area contributed by atoms with Crippen LogP contribution >= 0.6 is 11.3 Å². The number of benzene rings is 1. The van der Waals surface area contributed by atoms with Gasteiger partial charge in [0, 0.05) is 22.8 Å². The maximum Gasteiger partial charge on any atom is 0.255 e. The number of nitrogens with one attached hydrogen (secondary N) is 1. The summed E-state index contributed by atoms with van der Waals surface area (Å²) in [6.07, 6.45) is 3.25. The molecule has 7 nitrogen and oxygen atoms in total. The van der Waals surface area contributed by atoms with Gasteiger partial charge in [-0.3, -0.25) is 4.79 Å². The van der Waals surface area contributed by atoms with E-state index in [1.54, 1.807) is 29.2 Å². The molecule has 0 radical (unpaired) electrons. The normalized spacial score (nSPS) is 11.2. The summed E-state index contributed by atoms with van der Waals surface area (Å²) >= 11 is 1.51. The van der Waals surface area contributed by atoms with Gasteiger partial charge >= 0.3 is 0 Å². The number of halogens is 1. The van der Waals surface area contributed by atoms with E-state index >= 15 is 0 Å². The van der Waals surface area contributed by atoms with Gasteiger partial charge in [-0.1, -0.05) is 13.8 Å². The molecule has 0 aliphatic carbocycles. The van der Waals surface area contributed by atoms with Crippen LogP contribution in [0.15, 0.2) is 42.0 Å². The highest BCUT2D eigenvalue weighted by atomic mass is 32.1. The first-order valence-electron chi connectivity index (χ1n) is 10.2. The lowest BCUT2D eigenvalue weighted by Crippen LogP contribution is -2.24. The fraction of sp³-hybridized carbons (Fsp3) is 0.261. The number of thiazole rings is 1. The van der Waals surface area contributed by atoms with Crippen molar-refractivity contribution < 1.29 is 9.18 Å². The van der Waals surface area contributed by atoms with Crippen LogP contribution in [0.2, 0.25) is 0 Å². The van der Waals surface area contributed by atoms with Gasteiger partial charge in [0.05, 0.1) is 29.7 Å². The van der Waals surface area contributed by atoms with Crippen molar-refractivity contribution in [2.24, 2.45) is 0 Å². The molecule has 3 heterocycles. The summed E-state index contributed by atoms with van der Waals surface area (Å²) < 4.78 is 14.9. The molecule has 32 heavy (non-hydrogen) atoms. The van der Waals surface area contributed by atoms with E-state index in [-0.39, 0.29) is 17.6 Å². The summed E-state index contributed by atoms with van der Waals surface area (Å²) in [5.74, 6) is -0.176. The molecule has 1 N–H and O–H groups in total. The van der Waals surface area contributed by atoms with Crippen LogP contribution in [-0.2, 0) is 6.54 Å². The number of amides is 1. The number of carbonyl (C=O) groups excluding carboxylic acids is 1. The van der Waals surface area contributed by atoms with E-state index in [4.69, 9.17) is 0 Å². The van der Waals surface area contributed by atoms with Crippen LogP contribution in [0.3, 0.4) is 0 Å². The van der Waals surface area contributed by atoms with Crippen LogP contribution in [0.4, 0.5) is 4.39 Å². The van der Waals surface area contributed by atoms with Gasteiger partial charge in [-0.2, -0.15) is 5.10 Å². The summed E-state index contributed by atoms with van der Waals surface area (Å²) in [4.78, 5) is 26.4. The Balaban J connectivity index is 1.67. The Labute approximate surface area is 189 Å². The zero-order valence-electron chi connectivity index (χ0n) is 18.3. The summed E-state index contributed by atoms with van der Waals surface area (Å²) in [7, 11) is 0. The number of rotatable bonds is 6. The average Bonchev–Trinajstić information content (AvgIpc) is 3.39. The van der Waals surface area contributed by atoms with Crippen molar-refractivity contribution in [1.29, 1.82) is 0 Å². The Hall–Kier alpha value is -3.46. The van der Waals surface area contributed by atoms with Crippen molar-refractivity contribution in [3.8, 4) is 17.2 Å². The monoisotopic (exact) mass is 450 g/mol. The van der Waals surface area contributed by atoms with Crippen molar-refractivity contribution in [1.82, 2.24) is 30.0 Å². The molecular formula is C23H23FN6OS. The summed E-state index contributed by atoms with van der Waals surface area (Å²) in [5, 5.41) is 10.1. The van der Waals surface area contributed by atoms with Gasteiger partial charge in [0.25, 0.3) is 11.9 Å². The second-order valence-corrected chi connectivity index (χ2v) is 8.73. The fourth-order valence-electron chi connectivity index (χ4n) is 3.42. The van der Waals surface area contributed by atoms with Gasteiger partial charge in [-0.05, 0) is 49.6 Å². The Kier molecular flexibility index (Phi) is 6.09. The first-order chi connectivity index (χ1) is 15.3. The minimum absolute atomic E-state index is 0.000434. The van der Waals surface area contributed by atoms with Crippen LogP contribution in [-0.4, -0.2) is 30.6 Å². The lowest BCUT2D eigenvalue weighted by Gasteiger charge is -2.13. The van der Waals surface area contributed by atoms with Gasteiger partial charge in [-0.15, -0.1) is 11.3 Å². The van der Waals surface area contributed by atoms with Crippen LogP contribution in [0.5, 0.6) is 0 Å². The first-order valence-corrected chi connectivity index (χ1v) is 11.1. The highest BCUT2D eigenvalue weighted by molar-refractivity contribution is 7.09. The molecule has 0 bridgehead atoms. The maximum atomic E-state index is 13.4. The second-order valence-electron chi connectivity index (χ2n) is 7.78. The molecule has 3 aromatic heterocycles. The van der Waals surface area contributed by atoms with E-state index in [1.165, 1.54) is 23.5 Å². The predicted molar refractivity (Wildman–Crippen MR) is 121 cm³/mol. The minimum atomic E-state index is -0.307. The quantitative estimate of drug-likeness (QED) is 0.464. The topological polar surface area (TPSA) is 85.6 Å². The second kappa shape index (κ2) is 8.96. The van der Waals surface area contributed by atoms with E-state index in [0.717, 1.165) is 21.8 Å². The highest BCUT2D eigenvalue weighted by Gasteiger charge is 2.22. The van der Waals surface area contributed by atoms with E-state index in [9.17, 15) is 9.18 Å². The van der Waals surface area contributed by atoms with Crippen molar-refractivity contribution in [3.63, 3.8) is 0 Å². The Morgan fingerprint density at radius 2 is 1.91 bits per heavy atom. The summed E-state index contributed by atoms with van der Waals surface area (Å²) in [6.45, 7) is 8.15. The zero-order valence-corrected chi connectivity index (χ0v) is 19.1. The highest BCUT2D eigenvalue weighted by Crippen LogP contribution is 2.25. The van der Waals surface area contributed by atoms with E-state index in [0.29, 0.717) is 29.4 Å². The van der Waals surface area contributed by atoms with Crippen LogP contribution < -0.4 is 5.32 Å². The Morgan fingerprint density at radius 1 is 1.16 bits per heavy atom. The predicted octanol–water partition coefficient (Wildman–Crippen LogP) is 4.60. The number of hydrogen-bond donors (Lipinski definition) is 1. The number of aromatic nitrogens is 5. The third-order valence-corrected chi connectivity index (χ3v) is 5.90. The number of hydrogen-bond acceptors (Lipinski definition) is 6. The SMILES string of the molecule is Cc1csc(CNC(=O)c2cnn(-c3ncc(C)c(-c4ccc(F)cc4)n3)c2C(C)C)n1. The molecule has 164 valence electrons. The largest absolute Gasteiger partial charge is 0.345 e. The molecule has 4 rings (SSSR count). The van der Waals surface area contributed by atoms with Crippen molar-refractivity contribution in [2.75, 3.05) is 0 Å². The van der Waals surface area contributed by atoms with E-state index in [2.05, 4.69) is 25.4 Å². The van der Waals surface area contributed by atoms with E-state index in [1.807, 2.05) is 33.1 Å². The maximum absolute atomic E-state index is 13.4. The van der Waals surface area contributed by atoms with Gasteiger partial charge < -0.3 is 5.32 Å². The van der Waals surface area contributed by atoms with Crippen molar-refractivity contribution in [3.05, 3.63) is 75.4 Å². The van der Waals surface area contributed by atoms with Gasteiger partial charge in [-0.25, -0.2) is 24.0 Å². The fourth-order valence-corrected chi connectivity index (χ4v) is 4.13. The summed E-state index contributed by atoms with van der Waals surface area (Å²) in [6, 6.07) is 6.16. The molecule has 0 aliphatic rings. The Bertz CT molecular complexity index is 1260. The van der Waals surface area contributed by atoms with Gasteiger partial charge in [0.15, 0.2) is 0 Å². The molecule has 0 aliphatic heterocycles. The molecule has 9 heteroatoms. The summed E-state index contributed by atoms with van der Waals surface area (Å²) in [5.41, 5.74) is 4.44. The number of nitrogens with zero attached hydrogens (tertiary/aromatic N) is 5. The van der Waals surface area contributed by atoms with Crippen LogP contribution in [0.1, 0.15) is 52.1 Å². The molecule has 1 amide bonds. The third-order valence-electron chi connectivity index (χ3n) is 4.93. The van der Waals surface area contributed by atoms with Crippen LogP contribution in [0.25, 0.3) is 17.2 Å². The number of carbonyl (C=O) groups is 1. The molecule has 0 fully saturated rings. The molecule has 0 saturated carbocycles.